The summed E-state index contributed by atoms with van der Waals surface area (Å²) in [5, 5.41) is 0. The van der Waals surface area contributed by atoms with Crippen molar-refractivity contribution in [2.45, 2.75) is 70.9 Å². The molecule has 5 unspecified atom stereocenters. The first-order valence-corrected chi connectivity index (χ1v) is 8.40. The van der Waals surface area contributed by atoms with Crippen molar-refractivity contribution in [3.8, 4) is 0 Å². The summed E-state index contributed by atoms with van der Waals surface area (Å²) in [4.78, 5) is 2.62. The molecule has 0 spiro atoms. The standard InChI is InChI=1S/C17H32N2/c1-17(2)7-6-15(18)16(10-17)19(3)11-14-9-12-4-5-13(14)8-12/h12-16H,4-11,18H2,1-3H3. The van der Waals surface area contributed by atoms with Crippen LogP contribution in [0.1, 0.15) is 58.8 Å². The van der Waals surface area contributed by atoms with Gasteiger partial charge in [-0.15, -0.1) is 0 Å². The summed E-state index contributed by atoms with van der Waals surface area (Å²) < 4.78 is 0. The fraction of sp³-hybridized carbons (Fsp3) is 1.00. The molecule has 0 aromatic carbocycles. The molecule has 110 valence electrons. The molecule has 0 radical (unpaired) electrons. The van der Waals surface area contributed by atoms with Crippen LogP contribution in [0.15, 0.2) is 0 Å². The lowest BCUT2D eigenvalue weighted by Crippen LogP contribution is -2.52. The summed E-state index contributed by atoms with van der Waals surface area (Å²) in [7, 11) is 2.33. The zero-order valence-electron chi connectivity index (χ0n) is 13.1. The number of likely N-dealkylation sites (N-methyl/N-ethyl adjacent to an activating group) is 1. The van der Waals surface area contributed by atoms with Crippen LogP contribution in [0.4, 0.5) is 0 Å². The highest BCUT2D eigenvalue weighted by molar-refractivity contribution is 4.95. The minimum Gasteiger partial charge on any atom is -0.326 e. The van der Waals surface area contributed by atoms with E-state index >= 15 is 0 Å². The average Bonchev–Trinajstić information content (AvgIpc) is 2.94. The van der Waals surface area contributed by atoms with Gasteiger partial charge in [0.2, 0.25) is 0 Å². The van der Waals surface area contributed by atoms with Crippen LogP contribution < -0.4 is 5.73 Å². The van der Waals surface area contributed by atoms with E-state index in [1.165, 1.54) is 51.5 Å². The first kappa shape index (κ1) is 13.9. The van der Waals surface area contributed by atoms with E-state index in [9.17, 15) is 0 Å². The Morgan fingerprint density at radius 3 is 2.58 bits per heavy atom. The average molecular weight is 264 g/mol. The van der Waals surface area contributed by atoms with Gasteiger partial charge in [0, 0.05) is 18.6 Å². The molecule has 0 aliphatic heterocycles. The predicted octanol–water partition coefficient (Wildman–Crippen LogP) is 3.26. The molecule has 0 aromatic rings. The molecule has 3 fully saturated rings. The van der Waals surface area contributed by atoms with Crippen molar-refractivity contribution in [3.05, 3.63) is 0 Å². The fourth-order valence-electron chi connectivity index (χ4n) is 5.16. The summed E-state index contributed by atoms with van der Waals surface area (Å²) in [6, 6.07) is 1.01. The van der Waals surface area contributed by atoms with Gasteiger partial charge in [-0.3, -0.25) is 0 Å². The number of nitrogens with two attached hydrogens (primary N) is 1. The van der Waals surface area contributed by atoms with Gasteiger partial charge in [-0.25, -0.2) is 0 Å². The van der Waals surface area contributed by atoms with Crippen molar-refractivity contribution in [3.63, 3.8) is 0 Å². The van der Waals surface area contributed by atoms with Crippen LogP contribution in [-0.2, 0) is 0 Å². The van der Waals surface area contributed by atoms with Gasteiger partial charge in [0.25, 0.3) is 0 Å². The van der Waals surface area contributed by atoms with Crippen molar-refractivity contribution in [2.75, 3.05) is 13.6 Å². The number of fused-ring (bicyclic) bond motifs is 2. The Balaban J connectivity index is 1.58. The maximum atomic E-state index is 6.41. The van der Waals surface area contributed by atoms with Crippen LogP contribution in [-0.4, -0.2) is 30.6 Å². The molecule has 3 rings (SSSR count). The molecule has 0 heterocycles. The van der Waals surface area contributed by atoms with Crippen LogP contribution in [0.3, 0.4) is 0 Å². The number of nitrogens with zero attached hydrogens (tertiary/aromatic N) is 1. The van der Waals surface area contributed by atoms with Crippen LogP contribution in [0.25, 0.3) is 0 Å². The minimum atomic E-state index is 0.400. The van der Waals surface area contributed by atoms with Gasteiger partial charge < -0.3 is 10.6 Å². The highest BCUT2D eigenvalue weighted by atomic mass is 15.2. The third-order valence-corrected chi connectivity index (χ3v) is 6.38. The van der Waals surface area contributed by atoms with Gasteiger partial charge in [-0.1, -0.05) is 20.3 Å². The maximum absolute atomic E-state index is 6.41. The SMILES string of the molecule is CN(CC1CC2CCC1C2)C1CC(C)(C)CCC1N. The van der Waals surface area contributed by atoms with Gasteiger partial charge in [0.1, 0.15) is 0 Å². The Hall–Kier alpha value is -0.0800. The molecular weight excluding hydrogens is 232 g/mol. The van der Waals surface area contributed by atoms with Gasteiger partial charge in [-0.05, 0) is 68.7 Å². The summed E-state index contributed by atoms with van der Waals surface area (Å²) in [6.45, 7) is 6.13. The van der Waals surface area contributed by atoms with E-state index in [1.807, 2.05) is 0 Å². The molecule has 2 bridgehead atoms. The third kappa shape index (κ3) is 2.85. The molecule has 3 aliphatic carbocycles. The number of hydrogen-bond donors (Lipinski definition) is 1. The summed E-state index contributed by atoms with van der Waals surface area (Å²) in [5.41, 5.74) is 6.90. The monoisotopic (exact) mass is 264 g/mol. The first-order chi connectivity index (χ1) is 8.94. The van der Waals surface area contributed by atoms with Gasteiger partial charge in [-0.2, -0.15) is 0 Å². The molecule has 19 heavy (non-hydrogen) atoms. The van der Waals surface area contributed by atoms with E-state index in [2.05, 4.69) is 25.8 Å². The largest absolute Gasteiger partial charge is 0.326 e. The second kappa shape index (κ2) is 5.04. The third-order valence-electron chi connectivity index (χ3n) is 6.38. The topological polar surface area (TPSA) is 29.3 Å². The maximum Gasteiger partial charge on any atom is 0.0249 e. The highest BCUT2D eigenvalue weighted by Gasteiger charge is 2.41. The van der Waals surface area contributed by atoms with Crippen molar-refractivity contribution in [1.29, 1.82) is 0 Å². The molecule has 2 N–H and O–H groups in total. The molecular formula is C17H32N2. The lowest BCUT2D eigenvalue weighted by molar-refractivity contribution is 0.0770. The van der Waals surface area contributed by atoms with Gasteiger partial charge >= 0.3 is 0 Å². The Morgan fingerprint density at radius 2 is 1.95 bits per heavy atom. The first-order valence-electron chi connectivity index (χ1n) is 8.40. The summed E-state index contributed by atoms with van der Waals surface area (Å²) in [5.74, 6) is 3.08. The number of rotatable bonds is 3. The van der Waals surface area contributed by atoms with Crippen LogP contribution in [0.2, 0.25) is 0 Å². The van der Waals surface area contributed by atoms with Crippen LogP contribution >= 0.6 is 0 Å². The fourth-order valence-corrected chi connectivity index (χ4v) is 5.16. The summed E-state index contributed by atoms with van der Waals surface area (Å²) >= 11 is 0. The Bertz CT molecular complexity index is 325. The molecule has 0 aromatic heterocycles. The molecule has 2 nitrogen and oxygen atoms in total. The quantitative estimate of drug-likeness (QED) is 0.848. The second-order valence-corrected chi connectivity index (χ2v) is 8.51. The minimum absolute atomic E-state index is 0.400. The lowest BCUT2D eigenvalue weighted by atomic mass is 9.72. The molecule has 0 saturated heterocycles. The van der Waals surface area contributed by atoms with Crippen molar-refractivity contribution >= 4 is 0 Å². The van der Waals surface area contributed by atoms with Gasteiger partial charge in [0.05, 0.1) is 0 Å². The van der Waals surface area contributed by atoms with Crippen LogP contribution in [0, 0.1) is 23.2 Å². The molecule has 5 atom stereocenters. The zero-order chi connectivity index (χ0) is 13.6. The zero-order valence-corrected chi connectivity index (χ0v) is 13.1. The molecule has 2 heteroatoms. The van der Waals surface area contributed by atoms with E-state index in [0.717, 1.165) is 17.8 Å². The predicted molar refractivity (Wildman–Crippen MR) is 81.0 cm³/mol. The van der Waals surface area contributed by atoms with Crippen LogP contribution in [0.5, 0.6) is 0 Å². The normalized spacial score (nSPS) is 45.0. The second-order valence-electron chi connectivity index (χ2n) is 8.51. The van der Waals surface area contributed by atoms with Crippen molar-refractivity contribution < 1.29 is 0 Å². The Labute approximate surface area is 119 Å². The van der Waals surface area contributed by atoms with E-state index in [-0.39, 0.29) is 0 Å². The lowest BCUT2D eigenvalue weighted by Gasteiger charge is -2.44. The van der Waals surface area contributed by atoms with E-state index < -0.39 is 0 Å². The molecule has 3 saturated carbocycles. The van der Waals surface area contributed by atoms with Crippen molar-refractivity contribution in [1.82, 2.24) is 4.90 Å². The number of hydrogen-bond acceptors (Lipinski definition) is 2. The Morgan fingerprint density at radius 1 is 1.16 bits per heavy atom. The van der Waals surface area contributed by atoms with E-state index in [0.29, 0.717) is 17.5 Å². The van der Waals surface area contributed by atoms with E-state index in [4.69, 9.17) is 5.73 Å². The molecule has 0 amide bonds. The van der Waals surface area contributed by atoms with E-state index in [1.54, 1.807) is 0 Å². The highest BCUT2D eigenvalue weighted by Crippen LogP contribution is 2.48. The smallest absolute Gasteiger partial charge is 0.0249 e. The Kier molecular flexibility index (Phi) is 3.68. The van der Waals surface area contributed by atoms with Crippen molar-refractivity contribution in [2.24, 2.45) is 28.9 Å². The van der Waals surface area contributed by atoms with Gasteiger partial charge in [0.15, 0.2) is 0 Å². The summed E-state index contributed by atoms with van der Waals surface area (Å²) in [6.07, 6.45) is 9.84. The molecule has 3 aliphatic rings.